The minimum Gasteiger partial charge on any atom is -0.394 e. The van der Waals surface area contributed by atoms with Gasteiger partial charge in [-0.2, -0.15) is 8.78 Å². The van der Waals surface area contributed by atoms with Crippen LogP contribution in [0, 0.1) is 0 Å². The topological polar surface area (TPSA) is 32.7 Å². The van der Waals surface area contributed by atoms with E-state index in [1.165, 1.54) is 12.1 Å². The van der Waals surface area contributed by atoms with E-state index in [9.17, 15) is 8.78 Å². The van der Waals surface area contributed by atoms with Gasteiger partial charge in [0.2, 0.25) is 0 Å². The minimum atomic E-state index is -2.90. The second-order valence-electron chi connectivity index (χ2n) is 4.99. The molecule has 1 aromatic rings. The van der Waals surface area contributed by atoms with Gasteiger partial charge in [-0.25, -0.2) is 0 Å². The van der Waals surface area contributed by atoms with Crippen LogP contribution in [0.5, 0.6) is 0 Å². The molecule has 0 saturated carbocycles. The van der Waals surface area contributed by atoms with E-state index in [0.717, 1.165) is 0 Å². The molecule has 1 heterocycles. The van der Waals surface area contributed by atoms with Crippen LogP contribution in [0.15, 0.2) is 30.3 Å². The van der Waals surface area contributed by atoms with Crippen LogP contribution < -0.4 is 0 Å². The molecule has 1 aliphatic rings. The van der Waals surface area contributed by atoms with E-state index < -0.39 is 5.92 Å². The number of morpholine rings is 1. The molecular formula is C14H19F2NO2. The summed E-state index contributed by atoms with van der Waals surface area (Å²) in [6.45, 7) is 2.07. The van der Waals surface area contributed by atoms with E-state index in [2.05, 4.69) is 0 Å². The van der Waals surface area contributed by atoms with E-state index in [4.69, 9.17) is 9.84 Å². The van der Waals surface area contributed by atoms with Crippen LogP contribution in [0.1, 0.15) is 12.5 Å². The first-order valence-corrected chi connectivity index (χ1v) is 6.43. The highest BCUT2D eigenvalue weighted by Crippen LogP contribution is 2.30. The molecule has 19 heavy (non-hydrogen) atoms. The van der Waals surface area contributed by atoms with Crippen LogP contribution in [0.3, 0.4) is 0 Å². The Morgan fingerprint density at radius 2 is 2.05 bits per heavy atom. The third kappa shape index (κ3) is 3.49. The predicted molar refractivity (Wildman–Crippen MR) is 68.2 cm³/mol. The van der Waals surface area contributed by atoms with Crippen molar-refractivity contribution in [2.75, 3.05) is 26.3 Å². The molecule has 1 fully saturated rings. The summed E-state index contributed by atoms with van der Waals surface area (Å²) >= 11 is 0. The molecule has 1 saturated heterocycles. The van der Waals surface area contributed by atoms with Crippen molar-refractivity contribution in [2.45, 2.75) is 25.0 Å². The Balaban J connectivity index is 2.06. The molecule has 106 valence electrons. The van der Waals surface area contributed by atoms with Crippen LogP contribution in [0.25, 0.3) is 0 Å². The minimum absolute atomic E-state index is 0.0224. The summed E-state index contributed by atoms with van der Waals surface area (Å²) in [6, 6.07) is 7.75. The zero-order chi connectivity index (χ0) is 13.9. The van der Waals surface area contributed by atoms with Gasteiger partial charge in [-0.15, -0.1) is 0 Å². The number of hydrogen-bond acceptors (Lipinski definition) is 3. The smallest absolute Gasteiger partial charge is 0.285 e. The largest absolute Gasteiger partial charge is 0.394 e. The van der Waals surface area contributed by atoms with Crippen molar-refractivity contribution in [3.05, 3.63) is 35.9 Å². The molecule has 0 aromatic heterocycles. The van der Waals surface area contributed by atoms with Crippen LogP contribution in [0.4, 0.5) is 8.78 Å². The van der Waals surface area contributed by atoms with Gasteiger partial charge in [-0.1, -0.05) is 30.3 Å². The van der Waals surface area contributed by atoms with Gasteiger partial charge in [-0.05, 0) is 6.92 Å². The average molecular weight is 271 g/mol. The second-order valence-corrected chi connectivity index (χ2v) is 4.99. The average Bonchev–Trinajstić information content (AvgIpc) is 2.42. The molecule has 3 nitrogen and oxygen atoms in total. The summed E-state index contributed by atoms with van der Waals surface area (Å²) < 4.78 is 33.8. The van der Waals surface area contributed by atoms with Crippen molar-refractivity contribution < 1.29 is 18.6 Å². The van der Waals surface area contributed by atoms with Crippen molar-refractivity contribution in [1.82, 2.24) is 4.90 Å². The first kappa shape index (κ1) is 14.4. The van der Waals surface area contributed by atoms with Gasteiger partial charge in [0.1, 0.15) is 0 Å². The fourth-order valence-corrected chi connectivity index (χ4v) is 2.23. The summed E-state index contributed by atoms with van der Waals surface area (Å²) in [5.41, 5.74) is 0.0224. The summed E-state index contributed by atoms with van der Waals surface area (Å²) in [6.07, 6.45) is -0.372. The zero-order valence-electron chi connectivity index (χ0n) is 10.9. The van der Waals surface area contributed by atoms with E-state index >= 15 is 0 Å². The van der Waals surface area contributed by atoms with Gasteiger partial charge < -0.3 is 9.84 Å². The standard InChI is InChI=1S/C14H19F2NO2/c1-11-9-19-13(8-18)7-17(11)10-14(15,16)12-5-3-2-4-6-12/h2-6,11,13,18H,7-10H2,1H3. The first-order chi connectivity index (χ1) is 9.03. The molecule has 0 aliphatic carbocycles. The highest BCUT2D eigenvalue weighted by atomic mass is 19.3. The molecule has 5 heteroatoms. The third-order valence-electron chi connectivity index (χ3n) is 3.44. The Kier molecular flexibility index (Phi) is 4.50. The third-order valence-corrected chi connectivity index (χ3v) is 3.44. The predicted octanol–water partition coefficient (Wildman–Crippen LogP) is 1.86. The number of hydrogen-bond donors (Lipinski definition) is 1. The Morgan fingerprint density at radius 1 is 1.37 bits per heavy atom. The summed E-state index contributed by atoms with van der Waals surface area (Å²) in [4.78, 5) is 1.68. The van der Waals surface area contributed by atoms with Crippen LogP contribution in [0.2, 0.25) is 0 Å². The van der Waals surface area contributed by atoms with Crippen LogP contribution >= 0.6 is 0 Å². The van der Waals surface area contributed by atoms with E-state index in [0.29, 0.717) is 13.2 Å². The highest BCUT2D eigenvalue weighted by Gasteiger charge is 2.37. The number of nitrogens with zero attached hydrogens (tertiary/aromatic N) is 1. The highest BCUT2D eigenvalue weighted by molar-refractivity contribution is 5.20. The first-order valence-electron chi connectivity index (χ1n) is 6.43. The fourth-order valence-electron chi connectivity index (χ4n) is 2.23. The van der Waals surface area contributed by atoms with Crippen LogP contribution in [-0.2, 0) is 10.7 Å². The van der Waals surface area contributed by atoms with Crippen molar-refractivity contribution in [1.29, 1.82) is 0 Å². The summed E-state index contributed by atoms with van der Waals surface area (Å²) in [7, 11) is 0. The van der Waals surface area contributed by atoms with Gasteiger partial charge in [0.25, 0.3) is 5.92 Å². The summed E-state index contributed by atoms with van der Waals surface area (Å²) in [5, 5.41) is 9.07. The Hall–Kier alpha value is -1.04. The number of alkyl halides is 2. The molecule has 1 aliphatic heterocycles. The lowest BCUT2D eigenvalue weighted by Crippen LogP contribution is -2.52. The normalized spacial score (nSPS) is 25.5. The quantitative estimate of drug-likeness (QED) is 0.907. The van der Waals surface area contributed by atoms with Gasteiger partial charge in [-0.3, -0.25) is 4.90 Å². The van der Waals surface area contributed by atoms with E-state index in [1.807, 2.05) is 6.92 Å². The number of aliphatic hydroxyl groups is 1. The number of aliphatic hydroxyl groups excluding tert-OH is 1. The van der Waals surface area contributed by atoms with Crippen molar-refractivity contribution in [3.63, 3.8) is 0 Å². The van der Waals surface area contributed by atoms with Crippen molar-refractivity contribution >= 4 is 0 Å². The molecule has 2 atom stereocenters. The van der Waals surface area contributed by atoms with Crippen molar-refractivity contribution in [2.24, 2.45) is 0 Å². The molecule has 0 bridgehead atoms. The number of ether oxygens (including phenoxy) is 1. The van der Waals surface area contributed by atoms with Crippen LogP contribution in [-0.4, -0.2) is 48.5 Å². The van der Waals surface area contributed by atoms with Gasteiger partial charge in [0.15, 0.2) is 0 Å². The lowest BCUT2D eigenvalue weighted by atomic mass is 10.1. The Bertz CT molecular complexity index is 400. The monoisotopic (exact) mass is 271 g/mol. The SMILES string of the molecule is CC1COC(CO)CN1CC(F)(F)c1ccccc1. The Morgan fingerprint density at radius 3 is 2.68 bits per heavy atom. The molecule has 0 spiro atoms. The van der Waals surface area contributed by atoms with Crippen molar-refractivity contribution in [3.8, 4) is 0 Å². The molecule has 0 amide bonds. The Labute approximate surface area is 111 Å². The molecule has 2 rings (SSSR count). The fraction of sp³-hybridized carbons (Fsp3) is 0.571. The van der Waals surface area contributed by atoms with E-state index in [1.54, 1.807) is 23.1 Å². The van der Waals surface area contributed by atoms with Gasteiger partial charge in [0.05, 0.1) is 25.9 Å². The maximum absolute atomic E-state index is 14.2. The van der Waals surface area contributed by atoms with Gasteiger partial charge >= 0.3 is 0 Å². The maximum atomic E-state index is 14.2. The molecular weight excluding hydrogens is 252 g/mol. The van der Waals surface area contributed by atoms with E-state index in [-0.39, 0.29) is 30.9 Å². The molecule has 1 N–H and O–H groups in total. The number of rotatable bonds is 4. The summed E-state index contributed by atoms with van der Waals surface area (Å²) in [5.74, 6) is -2.90. The number of halogens is 2. The molecule has 2 unspecified atom stereocenters. The molecule has 0 radical (unpaired) electrons. The zero-order valence-corrected chi connectivity index (χ0v) is 10.9. The second kappa shape index (κ2) is 5.94. The lowest BCUT2D eigenvalue weighted by Gasteiger charge is -2.39. The molecule has 1 aromatic carbocycles. The number of benzene rings is 1. The van der Waals surface area contributed by atoms with Gasteiger partial charge in [0, 0.05) is 18.2 Å². The lowest BCUT2D eigenvalue weighted by molar-refractivity contribution is -0.115. The maximum Gasteiger partial charge on any atom is 0.285 e.